The minimum absolute atomic E-state index is 0.621. The standard InChI is InChI=1S/C15H15N3OS/c1-2-19-13-6-10(16)5-12(7-13)18-11-3-4-14-15(8-11)20-9-17-14/h3-9,18H,2,16H2,1H3. The molecule has 1 heterocycles. The van der Waals surface area contributed by atoms with Gasteiger partial charge in [0.2, 0.25) is 0 Å². The summed E-state index contributed by atoms with van der Waals surface area (Å²) in [5, 5.41) is 3.34. The second kappa shape index (κ2) is 5.38. The van der Waals surface area contributed by atoms with E-state index < -0.39 is 0 Å². The maximum Gasteiger partial charge on any atom is 0.123 e. The van der Waals surface area contributed by atoms with E-state index in [1.807, 2.05) is 42.8 Å². The first-order valence-corrected chi connectivity index (χ1v) is 7.26. The van der Waals surface area contributed by atoms with E-state index in [1.165, 1.54) is 0 Å². The topological polar surface area (TPSA) is 60.2 Å². The number of anilines is 3. The molecule has 4 nitrogen and oxygen atoms in total. The van der Waals surface area contributed by atoms with E-state index in [-0.39, 0.29) is 0 Å². The Bertz CT molecular complexity index is 739. The molecule has 0 unspecified atom stereocenters. The van der Waals surface area contributed by atoms with E-state index in [0.29, 0.717) is 12.3 Å². The van der Waals surface area contributed by atoms with Crippen molar-refractivity contribution in [3.05, 3.63) is 41.9 Å². The molecule has 0 saturated carbocycles. The Labute approximate surface area is 121 Å². The van der Waals surface area contributed by atoms with Crippen molar-refractivity contribution in [3.63, 3.8) is 0 Å². The van der Waals surface area contributed by atoms with Crippen LogP contribution in [0, 0.1) is 0 Å². The van der Waals surface area contributed by atoms with Crippen LogP contribution in [0.15, 0.2) is 41.9 Å². The summed E-state index contributed by atoms with van der Waals surface area (Å²) < 4.78 is 6.65. The van der Waals surface area contributed by atoms with Gasteiger partial charge in [0.05, 0.1) is 22.3 Å². The number of hydrogen-bond donors (Lipinski definition) is 2. The summed E-state index contributed by atoms with van der Waals surface area (Å²) >= 11 is 1.63. The van der Waals surface area contributed by atoms with Gasteiger partial charge in [0.1, 0.15) is 5.75 Å². The number of aromatic nitrogens is 1. The maximum atomic E-state index is 5.89. The molecule has 0 spiro atoms. The van der Waals surface area contributed by atoms with Crippen LogP contribution in [0.25, 0.3) is 10.2 Å². The maximum absolute atomic E-state index is 5.89. The third-order valence-electron chi connectivity index (χ3n) is 2.86. The first kappa shape index (κ1) is 12.7. The Hall–Kier alpha value is -2.27. The zero-order valence-electron chi connectivity index (χ0n) is 11.1. The number of nitrogens with zero attached hydrogens (tertiary/aromatic N) is 1. The number of nitrogen functional groups attached to an aromatic ring is 1. The first-order valence-electron chi connectivity index (χ1n) is 6.38. The zero-order chi connectivity index (χ0) is 13.9. The second-order valence-corrected chi connectivity index (χ2v) is 5.27. The Morgan fingerprint density at radius 1 is 1.20 bits per heavy atom. The molecule has 0 aliphatic heterocycles. The van der Waals surface area contributed by atoms with Gasteiger partial charge < -0.3 is 15.8 Å². The van der Waals surface area contributed by atoms with Crippen LogP contribution >= 0.6 is 11.3 Å². The molecular formula is C15H15N3OS. The van der Waals surface area contributed by atoms with Gasteiger partial charge >= 0.3 is 0 Å². The van der Waals surface area contributed by atoms with Crippen LogP contribution in [0.5, 0.6) is 5.75 Å². The van der Waals surface area contributed by atoms with E-state index in [0.717, 1.165) is 27.3 Å². The highest BCUT2D eigenvalue weighted by molar-refractivity contribution is 7.16. The average molecular weight is 285 g/mol. The summed E-state index contributed by atoms with van der Waals surface area (Å²) in [5.41, 5.74) is 11.4. The molecule has 3 N–H and O–H groups in total. The predicted molar refractivity (Wildman–Crippen MR) is 84.9 cm³/mol. The Kier molecular flexibility index (Phi) is 3.43. The molecule has 0 bridgehead atoms. The van der Waals surface area contributed by atoms with Crippen molar-refractivity contribution in [2.45, 2.75) is 6.92 Å². The van der Waals surface area contributed by atoms with Crippen molar-refractivity contribution in [2.24, 2.45) is 0 Å². The van der Waals surface area contributed by atoms with Crippen LogP contribution in [-0.4, -0.2) is 11.6 Å². The van der Waals surface area contributed by atoms with Gasteiger partial charge in [0, 0.05) is 29.2 Å². The fourth-order valence-corrected chi connectivity index (χ4v) is 2.76. The van der Waals surface area contributed by atoms with E-state index in [4.69, 9.17) is 10.5 Å². The summed E-state index contributed by atoms with van der Waals surface area (Å²) in [6.07, 6.45) is 0. The summed E-state index contributed by atoms with van der Waals surface area (Å²) in [7, 11) is 0. The number of fused-ring (bicyclic) bond motifs is 1. The van der Waals surface area contributed by atoms with Crippen LogP contribution in [0.3, 0.4) is 0 Å². The highest BCUT2D eigenvalue weighted by Gasteiger charge is 2.02. The van der Waals surface area contributed by atoms with Gasteiger partial charge in [-0.05, 0) is 31.2 Å². The van der Waals surface area contributed by atoms with Gasteiger partial charge in [0.25, 0.3) is 0 Å². The Morgan fingerprint density at radius 2 is 2.10 bits per heavy atom. The lowest BCUT2D eigenvalue weighted by Crippen LogP contribution is -1.96. The van der Waals surface area contributed by atoms with Crippen molar-refractivity contribution in [2.75, 3.05) is 17.7 Å². The van der Waals surface area contributed by atoms with Crippen molar-refractivity contribution >= 4 is 38.6 Å². The number of benzene rings is 2. The van der Waals surface area contributed by atoms with Gasteiger partial charge in [-0.2, -0.15) is 0 Å². The molecular weight excluding hydrogens is 270 g/mol. The van der Waals surface area contributed by atoms with Crippen LogP contribution < -0.4 is 15.8 Å². The smallest absolute Gasteiger partial charge is 0.123 e. The van der Waals surface area contributed by atoms with Gasteiger partial charge in [-0.1, -0.05) is 0 Å². The molecule has 0 atom stereocenters. The van der Waals surface area contributed by atoms with E-state index in [9.17, 15) is 0 Å². The summed E-state index contributed by atoms with van der Waals surface area (Å²) in [5.74, 6) is 0.772. The minimum Gasteiger partial charge on any atom is -0.494 e. The van der Waals surface area contributed by atoms with E-state index in [1.54, 1.807) is 11.3 Å². The normalized spacial score (nSPS) is 10.7. The van der Waals surface area contributed by atoms with E-state index in [2.05, 4.69) is 16.4 Å². The first-order chi connectivity index (χ1) is 9.74. The molecule has 20 heavy (non-hydrogen) atoms. The highest BCUT2D eigenvalue weighted by Crippen LogP contribution is 2.28. The minimum atomic E-state index is 0.621. The predicted octanol–water partition coefficient (Wildman–Crippen LogP) is 4.02. The van der Waals surface area contributed by atoms with Gasteiger partial charge in [-0.3, -0.25) is 0 Å². The highest BCUT2D eigenvalue weighted by atomic mass is 32.1. The third-order valence-corrected chi connectivity index (χ3v) is 3.65. The molecule has 0 aliphatic rings. The van der Waals surface area contributed by atoms with Crippen molar-refractivity contribution < 1.29 is 4.74 Å². The molecule has 0 radical (unpaired) electrons. The molecule has 102 valence electrons. The lowest BCUT2D eigenvalue weighted by Gasteiger charge is -2.10. The van der Waals surface area contributed by atoms with Crippen LogP contribution in [-0.2, 0) is 0 Å². The Morgan fingerprint density at radius 3 is 2.95 bits per heavy atom. The number of rotatable bonds is 4. The fourth-order valence-electron chi connectivity index (χ4n) is 2.04. The quantitative estimate of drug-likeness (QED) is 0.711. The number of ether oxygens (including phenoxy) is 1. The number of nitrogens with two attached hydrogens (primary N) is 1. The van der Waals surface area contributed by atoms with Gasteiger partial charge in [-0.15, -0.1) is 11.3 Å². The van der Waals surface area contributed by atoms with Crippen molar-refractivity contribution in [1.29, 1.82) is 0 Å². The van der Waals surface area contributed by atoms with Crippen LogP contribution in [0.1, 0.15) is 6.92 Å². The molecule has 1 aromatic heterocycles. The lowest BCUT2D eigenvalue weighted by atomic mass is 10.2. The number of thiazole rings is 1. The van der Waals surface area contributed by atoms with Crippen molar-refractivity contribution in [1.82, 2.24) is 4.98 Å². The van der Waals surface area contributed by atoms with Gasteiger partial charge in [0.15, 0.2) is 0 Å². The second-order valence-electron chi connectivity index (χ2n) is 4.38. The molecule has 0 fully saturated rings. The molecule has 0 saturated heterocycles. The van der Waals surface area contributed by atoms with Gasteiger partial charge in [-0.25, -0.2) is 4.98 Å². The Balaban J connectivity index is 1.89. The number of nitrogens with one attached hydrogen (secondary N) is 1. The summed E-state index contributed by atoms with van der Waals surface area (Å²) in [4.78, 5) is 4.27. The van der Waals surface area contributed by atoms with E-state index >= 15 is 0 Å². The van der Waals surface area contributed by atoms with Crippen LogP contribution in [0.4, 0.5) is 17.1 Å². The number of hydrogen-bond acceptors (Lipinski definition) is 5. The monoisotopic (exact) mass is 285 g/mol. The van der Waals surface area contributed by atoms with Crippen molar-refractivity contribution in [3.8, 4) is 5.75 Å². The molecule has 3 rings (SSSR count). The lowest BCUT2D eigenvalue weighted by molar-refractivity contribution is 0.340. The SMILES string of the molecule is CCOc1cc(N)cc(Nc2ccc3ncsc3c2)c1. The van der Waals surface area contributed by atoms with Crippen LogP contribution in [0.2, 0.25) is 0 Å². The molecule has 3 aromatic rings. The zero-order valence-corrected chi connectivity index (χ0v) is 11.9. The fraction of sp³-hybridized carbons (Fsp3) is 0.133. The summed E-state index contributed by atoms with van der Waals surface area (Å²) in [6.45, 7) is 2.57. The molecule has 0 aliphatic carbocycles. The largest absolute Gasteiger partial charge is 0.494 e. The molecule has 0 amide bonds. The average Bonchev–Trinajstić information content (AvgIpc) is 2.85. The molecule has 2 aromatic carbocycles. The third kappa shape index (κ3) is 2.67. The molecule has 5 heteroatoms. The summed E-state index contributed by atoms with van der Waals surface area (Å²) in [6, 6.07) is 11.7.